The minimum absolute atomic E-state index is 0.0656. The lowest BCUT2D eigenvalue weighted by Crippen LogP contribution is -2.33. The van der Waals surface area contributed by atoms with E-state index in [0.717, 1.165) is 24.5 Å². The first-order valence-electron chi connectivity index (χ1n) is 7.33. The van der Waals surface area contributed by atoms with E-state index in [0.29, 0.717) is 12.8 Å². The summed E-state index contributed by atoms with van der Waals surface area (Å²) in [6, 6.07) is 2.96. The average molecular weight is 386 g/mol. The summed E-state index contributed by atoms with van der Waals surface area (Å²) in [6.07, 6.45) is 1.69. The van der Waals surface area contributed by atoms with Crippen molar-refractivity contribution in [2.24, 2.45) is 5.41 Å². The highest BCUT2D eigenvalue weighted by Crippen LogP contribution is 2.39. The van der Waals surface area contributed by atoms with Crippen LogP contribution in [0.25, 0.3) is 0 Å². The van der Waals surface area contributed by atoms with Gasteiger partial charge in [0.25, 0.3) is 5.69 Å². The molecule has 0 bridgehead atoms. The number of carbonyl (C=O) groups excluding carboxylic acids is 2. The molecular formula is C16H16ClNO6S. The molecule has 1 aliphatic rings. The van der Waals surface area contributed by atoms with E-state index in [1.165, 1.54) is 0 Å². The summed E-state index contributed by atoms with van der Waals surface area (Å²) in [5, 5.41) is 11.4. The summed E-state index contributed by atoms with van der Waals surface area (Å²) < 4.78 is 23.2. The second-order valence-electron chi connectivity index (χ2n) is 6.53. The van der Waals surface area contributed by atoms with Gasteiger partial charge >= 0.3 is 0 Å². The molecule has 0 N–H and O–H groups in total. The maximum atomic E-state index is 12.8. The highest BCUT2D eigenvalue weighted by atomic mass is 35.5. The second kappa shape index (κ2) is 6.34. The lowest BCUT2D eigenvalue weighted by molar-refractivity contribution is -0.385. The molecule has 1 aromatic rings. The van der Waals surface area contributed by atoms with E-state index in [1.807, 2.05) is 0 Å². The van der Waals surface area contributed by atoms with Crippen LogP contribution in [0.4, 0.5) is 5.69 Å². The zero-order valence-corrected chi connectivity index (χ0v) is 15.4. The zero-order valence-electron chi connectivity index (χ0n) is 13.8. The van der Waals surface area contributed by atoms with Crippen molar-refractivity contribution in [1.29, 1.82) is 0 Å². The molecule has 0 aliphatic heterocycles. The highest BCUT2D eigenvalue weighted by Gasteiger charge is 2.40. The van der Waals surface area contributed by atoms with Crippen LogP contribution in [0.2, 0.25) is 0 Å². The molecule has 0 radical (unpaired) electrons. The van der Waals surface area contributed by atoms with Crippen LogP contribution in [0.3, 0.4) is 0 Å². The topological polar surface area (TPSA) is 111 Å². The van der Waals surface area contributed by atoms with E-state index in [-0.39, 0.29) is 21.1 Å². The molecule has 0 spiro atoms. The Morgan fingerprint density at radius 2 is 1.92 bits per heavy atom. The van der Waals surface area contributed by atoms with E-state index in [4.69, 9.17) is 11.6 Å². The van der Waals surface area contributed by atoms with Gasteiger partial charge in [0.05, 0.1) is 15.4 Å². The van der Waals surface area contributed by atoms with Crippen LogP contribution >= 0.6 is 11.6 Å². The van der Waals surface area contributed by atoms with Gasteiger partial charge in [0, 0.05) is 22.8 Å². The Labute approximate surface area is 149 Å². The zero-order chi connectivity index (χ0) is 19.2. The number of Topliss-reactive ketones (excluding diaryl/α,β-unsaturated/α-hetero) is 2. The highest BCUT2D eigenvalue weighted by molar-refractivity contribution is 7.90. The lowest BCUT2D eigenvalue weighted by atomic mass is 9.74. The lowest BCUT2D eigenvalue weighted by Gasteiger charge is -2.29. The van der Waals surface area contributed by atoms with Gasteiger partial charge in [-0.1, -0.05) is 25.4 Å². The van der Waals surface area contributed by atoms with Crippen molar-refractivity contribution in [3.63, 3.8) is 0 Å². The fraction of sp³-hybridized carbons (Fsp3) is 0.375. The minimum atomic E-state index is -3.69. The first-order valence-corrected chi connectivity index (χ1v) is 9.60. The number of sulfone groups is 1. The minimum Gasteiger partial charge on any atom is -0.293 e. The Bertz CT molecular complexity index is 930. The molecule has 0 unspecified atom stereocenters. The molecule has 0 saturated heterocycles. The van der Waals surface area contributed by atoms with Gasteiger partial charge in [-0.3, -0.25) is 19.7 Å². The molecule has 0 aromatic heterocycles. The Morgan fingerprint density at radius 1 is 1.32 bits per heavy atom. The monoisotopic (exact) mass is 385 g/mol. The third kappa shape index (κ3) is 3.64. The summed E-state index contributed by atoms with van der Waals surface area (Å²) in [7, 11) is -3.69. The molecule has 1 aliphatic carbocycles. The number of ketones is 2. The number of benzene rings is 1. The van der Waals surface area contributed by atoms with Crippen LogP contribution in [0.1, 0.15) is 37.0 Å². The van der Waals surface area contributed by atoms with E-state index < -0.39 is 37.4 Å². The largest absolute Gasteiger partial charge is 0.293 e. The fourth-order valence-electron chi connectivity index (χ4n) is 2.57. The van der Waals surface area contributed by atoms with E-state index in [2.05, 4.69) is 0 Å². The summed E-state index contributed by atoms with van der Waals surface area (Å²) in [5.41, 5.74) is -2.11. The van der Waals surface area contributed by atoms with Crippen molar-refractivity contribution in [3.05, 3.63) is 44.5 Å². The van der Waals surface area contributed by atoms with Gasteiger partial charge in [-0.2, -0.15) is 0 Å². The van der Waals surface area contributed by atoms with Gasteiger partial charge in [-0.05, 0) is 25.0 Å². The summed E-state index contributed by atoms with van der Waals surface area (Å²) in [4.78, 5) is 35.5. The van der Waals surface area contributed by atoms with Gasteiger partial charge < -0.3 is 0 Å². The van der Waals surface area contributed by atoms with Crippen LogP contribution in [0.5, 0.6) is 0 Å². The van der Waals surface area contributed by atoms with Crippen molar-refractivity contribution in [1.82, 2.24) is 0 Å². The fourth-order valence-corrected chi connectivity index (χ4v) is 3.48. The number of halogens is 1. The van der Waals surface area contributed by atoms with Crippen LogP contribution in [0.15, 0.2) is 33.7 Å². The van der Waals surface area contributed by atoms with Crippen LogP contribution in [0, 0.1) is 15.5 Å². The van der Waals surface area contributed by atoms with Crippen molar-refractivity contribution in [2.45, 2.75) is 31.6 Å². The number of allylic oxidation sites excluding steroid dienone is 2. The second-order valence-corrected chi connectivity index (χ2v) is 9.00. The van der Waals surface area contributed by atoms with E-state index >= 15 is 0 Å². The molecule has 0 heterocycles. The van der Waals surface area contributed by atoms with Crippen molar-refractivity contribution < 1.29 is 22.9 Å². The molecule has 2 rings (SSSR count). The normalized spacial score (nSPS) is 17.5. The van der Waals surface area contributed by atoms with Crippen LogP contribution in [-0.4, -0.2) is 31.2 Å². The van der Waals surface area contributed by atoms with E-state index in [1.54, 1.807) is 13.8 Å². The van der Waals surface area contributed by atoms with Gasteiger partial charge in [-0.25, -0.2) is 8.42 Å². The number of nitro benzene ring substituents is 1. The first kappa shape index (κ1) is 19.3. The standard InChI is InChI=1S/C16H16ClNO6S/c1-16(2)7-6-11(17)13(15(16)20)14(19)10-5-4-9(25(3,23)24)8-12(10)18(21)22/h4-5,8H,6-7H2,1-3H3. The molecule has 0 saturated carbocycles. The molecule has 7 nitrogen and oxygen atoms in total. The number of rotatable bonds is 4. The third-order valence-electron chi connectivity index (χ3n) is 4.15. The van der Waals surface area contributed by atoms with Gasteiger partial charge in [0.2, 0.25) is 5.78 Å². The molecule has 0 fully saturated rings. The predicted octanol–water partition coefficient (Wildman–Crippen LogP) is 3.06. The maximum absolute atomic E-state index is 12.8. The van der Waals surface area contributed by atoms with Gasteiger partial charge in [0.1, 0.15) is 5.56 Å². The molecule has 0 amide bonds. The molecule has 0 atom stereocenters. The van der Waals surface area contributed by atoms with Crippen molar-refractivity contribution in [2.75, 3.05) is 6.26 Å². The first-order chi connectivity index (χ1) is 11.4. The van der Waals surface area contributed by atoms with Crippen LogP contribution in [-0.2, 0) is 14.6 Å². The SMILES string of the molecule is CC1(C)CCC(Cl)=C(C(=O)c2ccc(S(C)(=O)=O)cc2[N+](=O)[O-])C1=O. The predicted molar refractivity (Wildman–Crippen MR) is 91.4 cm³/mol. The Hall–Kier alpha value is -2.06. The number of hydrogen-bond acceptors (Lipinski definition) is 6. The Kier molecular flexibility index (Phi) is 4.89. The molecule has 25 heavy (non-hydrogen) atoms. The van der Waals surface area contributed by atoms with Gasteiger partial charge in [0.15, 0.2) is 15.6 Å². The average Bonchev–Trinajstić information content (AvgIpc) is 2.50. The number of nitro groups is 1. The van der Waals surface area contributed by atoms with Crippen molar-refractivity contribution in [3.8, 4) is 0 Å². The molecular weight excluding hydrogens is 370 g/mol. The Morgan fingerprint density at radius 3 is 2.44 bits per heavy atom. The quantitative estimate of drug-likeness (QED) is 0.341. The summed E-state index contributed by atoms with van der Waals surface area (Å²) in [6.45, 7) is 3.35. The number of carbonyl (C=O) groups is 2. The number of nitrogens with zero attached hydrogens (tertiary/aromatic N) is 1. The number of hydrogen-bond donors (Lipinski definition) is 0. The summed E-state index contributed by atoms with van der Waals surface area (Å²) >= 11 is 6.06. The molecule has 134 valence electrons. The Balaban J connectivity index is 2.64. The van der Waals surface area contributed by atoms with Crippen LogP contribution < -0.4 is 0 Å². The van der Waals surface area contributed by atoms with Gasteiger partial charge in [-0.15, -0.1) is 0 Å². The van der Waals surface area contributed by atoms with E-state index in [9.17, 15) is 28.1 Å². The van der Waals surface area contributed by atoms with Crippen molar-refractivity contribution >= 4 is 38.7 Å². The molecule has 9 heteroatoms. The smallest absolute Gasteiger partial charge is 0.281 e. The molecule has 1 aromatic carbocycles. The summed E-state index contributed by atoms with van der Waals surface area (Å²) in [5.74, 6) is -1.34. The maximum Gasteiger partial charge on any atom is 0.281 e. The third-order valence-corrected chi connectivity index (χ3v) is 5.64.